The minimum atomic E-state index is -0.605. The number of aliphatic hydroxyl groups is 1. The Kier molecular flexibility index (Phi) is 3.20. The minimum absolute atomic E-state index is 0.281. The van der Waals surface area contributed by atoms with Gasteiger partial charge in [-0.2, -0.15) is 0 Å². The molecule has 1 atom stereocenters. The van der Waals surface area contributed by atoms with Gasteiger partial charge >= 0.3 is 0 Å². The van der Waals surface area contributed by atoms with Gasteiger partial charge in [0.2, 0.25) is 0 Å². The minimum Gasteiger partial charge on any atom is -0.389 e. The van der Waals surface area contributed by atoms with Gasteiger partial charge in [0.15, 0.2) is 0 Å². The van der Waals surface area contributed by atoms with Crippen LogP contribution < -0.4 is 0 Å². The van der Waals surface area contributed by atoms with E-state index in [0.29, 0.717) is 0 Å². The topological polar surface area (TPSA) is 36.4 Å². The van der Waals surface area contributed by atoms with Crippen molar-refractivity contribution in [1.29, 1.82) is 0 Å². The maximum Gasteiger partial charge on any atom is 0.0959 e. The van der Waals surface area contributed by atoms with Crippen molar-refractivity contribution in [2.24, 2.45) is 0 Å². The van der Waals surface area contributed by atoms with Crippen molar-refractivity contribution in [1.82, 2.24) is 9.88 Å². The zero-order valence-corrected chi connectivity index (χ0v) is 12.0. The van der Waals surface area contributed by atoms with E-state index in [0.717, 1.165) is 25.4 Å². The number of nitrogens with zero attached hydrogens (tertiary/aromatic N) is 2. The molecule has 0 aromatic carbocycles. The van der Waals surface area contributed by atoms with E-state index in [1.54, 1.807) is 0 Å². The molecule has 2 fully saturated rings. The van der Waals surface area contributed by atoms with Crippen LogP contribution in [0.3, 0.4) is 0 Å². The molecule has 1 saturated heterocycles. The van der Waals surface area contributed by atoms with Crippen LogP contribution in [0.15, 0.2) is 5.38 Å². The smallest absolute Gasteiger partial charge is 0.0959 e. The molecule has 1 saturated carbocycles. The lowest BCUT2D eigenvalue weighted by atomic mass is 9.96. The molecule has 1 N–H and O–H groups in total. The predicted octanol–water partition coefficient (Wildman–Crippen LogP) is 2.76. The first kappa shape index (κ1) is 12.6. The highest BCUT2D eigenvalue weighted by atomic mass is 32.1. The number of hydrogen-bond acceptors (Lipinski definition) is 4. The summed E-state index contributed by atoms with van der Waals surface area (Å²) in [6.45, 7) is 5.84. The molecule has 0 amide bonds. The van der Waals surface area contributed by atoms with Gasteiger partial charge in [-0.25, -0.2) is 4.98 Å². The van der Waals surface area contributed by atoms with E-state index in [9.17, 15) is 5.11 Å². The summed E-state index contributed by atoms with van der Waals surface area (Å²) in [5.41, 5.74) is 0.587. The molecule has 1 unspecified atom stereocenters. The first-order valence-electron chi connectivity index (χ1n) is 6.95. The molecular weight excluding hydrogens is 244 g/mol. The van der Waals surface area contributed by atoms with Crippen LogP contribution in [0.2, 0.25) is 0 Å². The van der Waals surface area contributed by atoms with E-state index < -0.39 is 5.60 Å². The van der Waals surface area contributed by atoms with Gasteiger partial charge in [0.05, 0.1) is 16.3 Å². The lowest BCUT2D eigenvalue weighted by Gasteiger charge is -2.33. The van der Waals surface area contributed by atoms with Gasteiger partial charge in [-0.1, -0.05) is 0 Å². The Hall–Kier alpha value is -0.450. The molecule has 18 heavy (non-hydrogen) atoms. The Morgan fingerprint density at radius 2 is 2.22 bits per heavy atom. The second-order valence-corrected chi connectivity index (χ2v) is 7.12. The van der Waals surface area contributed by atoms with E-state index in [2.05, 4.69) is 10.3 Å². The average Bonchev–Trinajstić information content (AvgIpc) is 2.85. The van der Waals surface area contributed by atoms with E-state index in [4.69, 9.17) is 4.98 Å². The Morgan fingerprint density at radius 3 is 2.89 bits per heavy atom. The van der Waals surface area contributed by atoms with Gasteiger partial charge in [-0.05, 0) is 46.1 Å². The quantitative estimate of drug-likeness (QED) is 0.910. The molecule has 1 aliphatic heterocycles. The molecule has 2 aliphatic rings. The summed E-state index contributed by atoms with van der Waals surface area (Å²) in [4.78, 5) is 7.14. The number of rotatable bonds is 4. The van der Waals surface area contributed by atoms with Gasteiger partial charge in [0, 0.05) is 23.9 Å². The van der Waals surface area contributed by atoms with Crippen molar-refractivity contribution < 1.29 is 5.11 Å². The van der Waals surface area contributed by atoms with Crippen LogP contribution in [-0.4, -0.2) is 33.2 Å². The number of hydrogen-bond donors (Lipinski definition) is 1. The lowest BCUT2D eigenvalue weighted by Crippen LogP contribution is -2.45. The summed E-state index contributed by atoms with van der Waals surface area (Å²) >= 11 is 1.81. The van der Waals surface area contributed by atoms with Gasteiger partial charge in [-0.3, -0.25) is 4.90 Å². The third-order valence-corrected chi connectivity index (χ3v) is 5.10. The SMILES string of the molecule is CC(C)(O)C1CCCN1Cc1csc(C2CC2)n1. The highest BCUT2D eigenvalue weighted by Crippen LogP contribution is 2.41. The predicted molar refractivity (Wildman–Crippen MR) is 73.8 cm³/mol. The fraction of sp³-hybridized carbons (Fsp3) is 0.786. The molecule has 0 radical (unpaired) electrons. The Labute approximate surface area is 113 Å². The molecule has 1 aliphatic carbocycles. The van der Waals surface area contributed by atoms with Gasteiger partial charge in [-0.15, -0.1) is 11.3 Å². The summed E-state index contributed by atoms with van der Waals surface area (Å²) in [5, 5.41) is 13.7. The third kappa shape index (κ3) is 2.60. The number of likely N-dealkylation sites (tertiary alicyclic amines) is 1. The molecule has 100 valence electrons. The molecule has 0 bridgehead atoms. The van der Waals surface area contributed by atoms with E-state index in [1.807, 2.05) is 25.2 Å². The second kappa shape index (κ2) is 4.58. The molecule has 3 rings (SSSR count). The largest absolute Gasteiger partial charge is 0.389 e. The number of thiazole rings is 1. The fourth-order valence-corrected chi connectivity index (χ4v) is 3.92. The van der Waals surface area contributed by atoms with E-state index in [1.165, 1.54) is 30.0 Å². The van der Waals surface area contributed by atoms with Crippen molar-refractivity contribution in [3.63, 3.8) is 0 Å². The van der Waals surface area contributed by atoms with Crippen molar-refractivity contribution in [3.05, 3.63) is 16.1 Å². The summed E-state index contributed by atoms with van der Waals surface area (Å²) in [7, 11) is 0. The molecule has 1 aromatic rings. The van der Waals surface area contributed by atoms with Crippen LogP contribution in [-0.2, 0) is 6.54 Å². The summed E-state index contributed by atoms with van der Waals surface area (Å²) < 4.78 is 0. The highest BCUT2D eigenvalue weighted by Gasteiger charge is 2.36. The van der Waals surface area contributed by atoms with Crippen LogP contribution in [0, 0.1) is 0 Å². The van der Waals surface area contributed by atoms with Crippen LogP contribution in [0.5, 0.6) is 0 Å². The van der Waals surface area contributed by atoms with Crippen LogP contribution in [0.1, 0.15) is 56.2 Å². The summed E-state index contributed by atoms with van der Waals surface area (Å²) in [6, 6.07) is 0.281. The van der Waals surface area contributed by atoms with Gasteiger partial charge in [0.1, 0.15) is 0 Å². The Balaban J connectivity index is 1.67. The maximum atomic E-state index is 10.2. The molecule has 1 aromatic heterocycles. The molecular formula is C14H22N2OS. The van der Waals surface area contributed by atoms with Crippen LogP contribution in [0.25, 0.3) is 0 Å². The maximum absolute atomic E-state index is 10.2. The fourth-order valence-electron chi connectivity index (χ4n) is 2.94. The standard InChI is InChI=1S/C14H22N2OS/c1-14(2,17)12-4-3-7-16(12)8-11-9-18-13(15-11)10-5-6-10/h9-10,12,17H,3-8H2,1-2H3. The highest BCUT2D eigenvalue weighted by molar-refractivity contribution is 7.09. The van der Waals surface area contributed by atoms with Gasteiger partial charge < -0.3 is 5.11 Å². The third-order valence-electron chi connectivity index (χ3n) is 4.04. The van der Waals surface area contributed by atoms with Crippen molar-refractivity contribution in [2.45, 2.75) is 63.6 Å². The number of aromatic nitrogens is 1. The Morgan fingerprint density at radius 1 is 1.44 bits per heavy atom. The molecule has 0 spiro atoms. The van der Waals surface area contributed by atoms with Gasteiger partial charge in [0.25, 0.3) is 0 Å². The van der Waals surface area contributed by atoms with E-state index in [-0.39, 0.29) is 6.04 Å². The molecule has 3 nitrogen and oxygen atoms in total. The summed E-state index contributed by atoms with van der Waals surface area (Å²) in [6.07, 6.45) is 4.93. The first-order chi connectivity index (χ1) is 8.54. The lowest BCUT2D eigenvalue weighted by molar-refractivity contribution is -0.00532. The Bertz CT molecular complexity index is 420. The van der Waals surface area contributed by atoms with E-state index >= 15 is 0 Å². The first-order valence-corrected chi connectivity index (χ1v) is 7.83. The molecule has 4 heteroatoms. The van der Waals surface area contributed by atoms with Crippen molar-refractivity contribution in [2.75, 3.05) is 6.54 Å². The molecule has 2 heterocycles. The van der Waals surface area contributed by atoms with Crippen LogP contribution >= 0.6 is 11.3 Å². The second-order valence-electron chi connectivity index (χ2n) is 6.23. The summed E-state index contributed by atoms with van der Waals surface area (Å²) in [5.74, 6) is 0.757. The zero-order valence-electron chi connectivity index (χ0n) is 11.2. The monoisotopic (exact) mass is 266 g/mol. The zero-order chi connectivity index (χ0) is 12.8. The van der Waals surface area contributed by atoms with Crippen molar-refractivity contribution in [3.8, 4) is 0 Å². The average molecular weight is 266 g/mol. The van der Waals surface area contributed by atoms with Crippen LogP contribution in [0.4, 0.5) is 0 Å². The van der Waals surface area contributed by atoms with Crippen molar-refractivity contribution >= 4 is 11.3 Å². The normalized spacial score (nSPS) is 25.8.